The van der Waals surface area contributed by atoms with E-state index in [4.69, 9.17) is 0 Å². The molecule has 1 atom stereocenters. The molecule has 1 fully saturated rings. The van der Waals surface area contributed by atoms with Gasteiger partial charge in [0.05, 0.1) is 0 Å². The summed E-state index contributed by atoms with van der Waals surface area (Å²) < 4.78 is 0. The summed E-state index contributed by atoms with van der Waals surface area (Å²) >= 11 is 4.45. The highest BCUT2D eigenvalue weighted by Crippen LogP contribution is 2.16. The number of rotatable bonds is 7. The van der Waals surface area contributed by atoms with E-state index in [2.05, 4.69) is 24.5 Å². The van der Waals surface area contributed by atoms with Gasteiger partial charge in [0.2, 0.25) is 0 Å². The van der Waals surface area contributed by atoms with E-state index in [9.17, 15) is 0 Å². The third-order valence-electron chi connectivity index (χ3n) is 3.28. The molecule has 2 heteroatoms. The van der Waals surface area contributed by atoms with Gasteiger partial charge in [-0.3, -0.25) is 0 Å². The van der Waals surface area contributed by atoms with Crippen LogP contribution in [-0.2, 0) is 0 Å². The van der Waals surface area contributed by atoms with Gasteiger partial charge in [-0.05, 0) is 57.0 Å². The maximum atomic E-state index is 4.45. The maximum absolute atomic E-state index is 4.45. The smallest absolute Gasteiger partial charge is 0.00158 e. The summed E-state index contributed by atoms with van der Waals surface area (Å²) in [7, 11) is 0. The Bertz CT molecular complexity index is 132. The van der Waals surface area contributed by atoms with Gasteiger partial charge in [-0.25, -0.2) is 0 Å². The topological polar surface area (TPSA) is 3.24 Å². The quantitative estimate of drug-likeness (QED) is 0.638. The second-order valence-electron chi connectivity index (χ2n) is 4.53. The molecule has 0 radical (unpaired) electrons. The molecule has 0 aromatic carbocycles. The molecule has 1 aliphatic heterocycles. The van der Waals surface area contributed by atoms with E-state index in [1.165, 1.54) is 58.2 Å². The average molecular weight is 215 g/mol. The second-order valence-corrected chi connectivity index (χ2v) is 4.89. The summed E-state index contributed by atoms with van der Waals surface area (Å²) in [4.78, 5) is 2.61. The summed E-state index contributed by atoms with van der Waals surface area (Å²) in [6, 6.07) is 0. The van der Waals surface area contributed by atoms with Crippen LogP contribution in [0, 0.1) is 5.92 Å². The van der Waals surface area contributed by atoms with E-state index in [1.54, 1.807) is 0 Å². The van der Waals surface area contributed by atoms with Crippen molar-refractivity contribution in [3.8, 4) is 0 Å². The van der Waals surface area contributed by atoms with E-state index in [0.29, 0.717) is 0 Å². The van der Waals surface area contributed by atoms with Crippen molar-refractivity contribution in [2.75, 3.05) is 25.4 Å². The SMILES string of the molecule is CCCCC(CS)CCN1CCCC1. The molecule has 1 aliphatic rings. The molecule has 1 nitrogen and oxygen atoms in total. The Kier molecular flexibility index (Phi) is 6.70. The number of hydrogen-bond donors (Lipinski definition) is 1. The summed E-state index contributed by atoms with van der Waals surface area (Å²) in [5.74, 6) is 1.94. The van der Waals surface area contributed by atoms with E-state index in [0.717, 1.165) is 11.7 Å². The largest absolute Gasteiger partial charge is 0.303 e. The van der Waals surface area contributed by atoms with E-state index < -0.39 is 0 Å². The molecule has 1 rings (SSSR count). The molecule has 0 amide bonds. The first-order chi connectivity index (χ1) is 6.86. The Morgan fingerprint density at radius 3 is 2.50 bits per heavy atom. The van der Waals surface area contributed by atoms with Crippen LogP contribution < -0.4 is 0 Å². The van der Waals surface area contributed by atoms with Gasteiger partial charge in [0.25, 0.3) is 0 Å². The standard InChI is InChI=1S/C12H25NS/c1-2-3-6-12(11-14)7-10-13-8-4-5-9-13/h12,14H,2-11H2,1H3. The summed E-state index contributed by atoms with van der Waals surface area (Å²) in [6.07, 6.45) is 8.29. The van der Waals surface area contributed by atoms with Crippen molar-refractivity contribution in [3.05, 3.63) is 0 Å². The third-order valence-corrected chi connectivity index (χ3v) is 3.79. The Morgan fingerprint density at radius 2 is 1.93 bits per heavy atom. The molecule has 1 unspecified atom stereocenters. The minimum absolute atomic E-state index is 0.860. The lowest BCUT2D eigenvalue weighted by Gasteiger charge is -2.19. The zero-order chi connectivity index (χ0) is 10.2. The highest BCUT2D eigenvalue weighted by molar-refractivity contribution is 7.80. The molecule has 0 N–H and O–H groups in total. The fraction of sp³-hybridized carbons (Fsp3) is 1.00. The van der Waals surface area contributed by atoms with Crippen molar-refractivity contribution in [2.24, 2.45) is 5.92 Å². The summed E-state index contributed by atoms with van der Waals surface area (Å²) in [5.41, 5.74) is 0. The highest BCUT2D eigenvalue weighted by atomic mass is 32.1. The summed E-state index contributed by atoms with van der Waals surface area (Å²) in [6.45, 7) is 6.27. The molecular formula is C12H25NS. The Morgan fingerprint density at radius 1 is 1.21 bits per heavy atom. The highest BCUT2D eigenvalue weighted by Gasteiger charge is 2.13. The van der Waals surface area contributed by atoms with Gasteiger partial charge in [0.15, 0.2) is 0 Å². The van der Waals surface area contributed by atoms with Crippen molar-refractivity contribution in [3.63, 3.8) is 0 Å². The third kappa shape index (κ3) is 4.70. The van der Waals surface area contributed by atoms with Crippen LogP contribution >= 0.6 is 12.6 Å². The predicted octanol–water partition coefficient (Wildman–Crippen LogP) is 3.21. The zero-order valence-corrected chi connectivity index (χ0v) is 10.4. The van der Waals surface area contributed by atoms with Crippen molar-refractivity contribution in [2.45, 2.75) is 45.4 Å². The molecule has 1 heterocycles. The van der Waals surface area contributed by atoms with Crippen LogP contribution in [0.4, 0.5) is 0 Å². The number of hydrogen-bond acceptors (Lipinski definition) is 2. The van der Waals surface area contributed by atoms with Crippen LogP contribution in [0.1, 0.15) is 45.4 Å². The number of thiol groups is 1. The molecule has 0 aliphatic carbocycles. The number of likely N-dealkylation sites (tertiary alicyclic amines) is 1. The van der Waals surface area contributed by atoms with Crippen molar-refractivity contribution < 1.29 is 0 Å². The van der Waals surface area contributed by atoms with Crippen LogP contribution in [0.5, 0.6) is 0 Å². The van der Waals surface area contributed by atoms with E-state index >= 15 is 0 Å². The van der Waals surface area contributed by atoms with Crippen molar-refractivity contribution >= 4 is 12.6 Å². The summed E-state index contributed by atoms with van der Waals surface area (Å²) in [5, 5.41) is 0. The Balaban J connectivity index is 2.06. The maximum Gasteiger partial charge on any atom is -0.00158 e. The van der Waals surface area contributed by atoms with Gasteiger partial charge in [-0.1, -0.05) is 19.8 Å². The van der Waals surface area contributed by atoms with Crippen LogP contribution in [0.2, 0.25) is 0 Å². The van der Waals surface area contributed by atoms with Gasteiger partial charge in [0, 0.05) is 0 Å². The first kappa shape index (κ1) is 12.4. The van der Waals surface area contributed by atoms with Crippen LogP contribution in [0.25, 0.3) is 0 Å². The zero-order valence-electron chi connectivity index (χ0n) is 9.54. The molecular weight excluding hydrogens is 190 g/mol. The fourth-order valence-corrected chi connectivity index (χ4v) is 2.56. The van der Waals surface area contributed by atoms with Gasteiger partial charge in [-0.15, -0.1) is 0 Å². The molecule has 1 saturated heterocycles. The van der Waals surface area contributed by atoms with Gasteiger partial charge in [-0.2, -0.15) is 12.6 Å². The second kappa shape index (κ2) is 7.58. The minimum Gasteiger partial charge on any atom is -0.303 e. The Labute approximate surface area is 94.7 Å². The van der Waals surface area contributed by atoms with Crippen LogP contribution in [0.3, 0.4) is 0 Å². The van der Waals surface area contributed by atoms with Gasteiger partial charge in [0.1, 0.15) is 0 Å². The monoisotopic (exact) mass is 215 g/mol. The molecule has 0 saturated carbocycles. The number of unbranched alkanes of at least 4 members (excludes halogenated alkanes) is 1. The van der Waals surface area contributed by atoms with Crippen LogP contribution in [0.15, 0.2) is 0 Å². The molecule has 0 bridgehead atoms. The molecule has 14 heavy (non-hydrogen) atoms. The van der Waals surface area contributed by atoms with Crippen molar-refractivity contribution in [1.29, 1.82) is 0 Å². The fourth-order valence-electron chi connectivity index (χ4n) is 2.19. The normalized spacial score (nSPS) is 20.1. The molecule has 0 aromatic heterocycles. The predicted molar refractivity (Wildman–Crippen MR) is 67.2 cm³/mol. The minimum atomic E-state index is 0.860. The van der Waals surface area contributed by atoms with Gasteiger partial charge >= 0.3 is 0 Å². The lowest BCUT2D eigenvalue weighted by Crippen LogP contribution is -2.23. The lowest BCUT2D eigenvalue weighted by atomic mass is 10.0. The van der Waals surface area contributed by atoms with E-state index in [1.807, 2.05) is 0 Å². The lowest BCUT2D eigenvalue weighted by molar-refractivity contribution is 0.303. The Hall–Kier alpha value is 0.310. The molecule has 0 spiro atoms. The van der Waals surface area contributed by atoms with Crippen molar-refractivity contribution in [1.82, 2.24) is 4.90 Å². The average Bonchev–Trinajstić information content (AvgIpc) is 2.71. The van der Waals surface area contributed by atoms with Gasteiger partial charge < -0.3 is 4.90 Å². The molecule has 84 valence electrons. The van der Waals surface area contributed by atoms with E-state index in [-0.39, 0.29) is 0 Å². The van der Waals surface area contributed by atoms with Crippen LogP contribution in [-0.4, -0.2) is 30.3 Å². The first-order valence-electron chi connectivity index (χ1n) is 6.20. The number of nitrogens with zero attached hydrogens (tertiary/aromatic N) is 1. The first-order valence-corrected chi connectivity index (χ1v) is 6.83. The molecule has 0 aromatic rings.